The summed E-state index contributed by atoms with van der Waals surface area (Å²) in [6.07, 6.45) is 1.81. The Bertz CT molecular complexity index is 969. The minimum absolute atomic E-state index is 0.250. The highest BCUT2D eigenvalue weighted by atomic mass is 32.1. The van der Waals surface area contributed by atoms with Gasteiger partial charge < -0.3 is 5.11 Å². The minimum Gasteiger partial charge on any atom is -0.508 e. The van der Waals surface area contributed by atoms with Crippen molar-refractivity contribution in [1.29, 1.82) is 0 Å². The molecule has 0 aliphatic heterocycles. The second-order valence-corrected chi connectivity index (χ2v) is 7.11. The van der Waals surface area contributed by atoms with Gasteiger partial charge in [0.2, 0.25) is 5.13 Å². The molecule has 4 nitrogen and oxygen atoms in total. The molecule has 4 rings (SSSR count). The van der Waals surface area contributed by atoms with Crippen LogP contribution in [-0.2, 0) is 0 Å². The Morgan fingerprint density at radius 1 is 1.08 bits per heavy atom. The number of aromatic hydroxyl groups is 1. The Kier molecular flexibility index (Phi) is 3.98. The molecule has 2 aromatic heterocycles. The molecule has 6 heteroatoms. The molecule has 0 bridgehead atoms. The zero-order valence-electron chi connectivity index (χ0n) is 12.5. The van der Waals surface area contributed by atoms with Gasteiger partial charge in [0.25, 0.3) is 0 Å². The lowest BCUT2D eigenvalue weighted by atomic mass is 10.2. The molecule has 0 atom stereocenters. The zero-order chi connectivity index (χ0) is 16.4. The molecule has 0 radical (unpaired) electrons. The number of rotatable bonds is 4. The highest BCUT2D eigenvalue weighted by Gasteiger charge is 2.04. The van der Waals surface area contributed by atoms with Gasteiger partial charge in [-0.25, -0.2) is 4.98 Å². The number of phenols is 1. The van der Waals surface area contributed by atoms with Crippen LogP contribution >= 0.6 is 22.7 Å². The Hall–Kier alpha value is -2.70. The Labute approximate surface area is 146 Å². The van der Waals surface area contributed by atoms with Crippen LogP contribution in [0.4, 0.5) is 5.13 Å². The maximum atomic E-state index is 9.34. The molecule has 0 unspecified atom stereocenters. The van der Waals surface area contributed by atoms with E-state index < -0.39 is 0 Å². The zero-order valence-corrected chi connectivity index (χ0v) is 14.1. The molecule has 0 saturated heterocycles. The first kappa shape index (κ1) is 14.9. The average Bonchev–Trinajstić information content (AvgIpc) is 3.22. The van der Waals surface area contributed by atoms with Crippen LogP contribution in [0.15, 0.2) is 65.1 Å². The summed E-state index contributed by atoms with van der Waals surface area (Å²) in [6, 6.07) is 17.4. The highest BCUT2D eigenvalue weighted by Crippen LogP contribution is 2.27. The molecule has 0 spiro atoms. The number of thiophene rings is 1. The standard InChI is InChI=1S/C18H13N3OS2/c22-14-7-5-12(6-8-14)16-11-23-18(20-16)21-19-10-15-9-13-3-1-2-4-17(13)24-15/h1-11,22H,(H,20,21)/b19-10+. The van der Waals surface area contributed by atoms with Gasteiger partial charge in [-0.3, -0.25) is 5.43 Å². The Balaban J connectivity index is 1.47. The topological polar surface area (TPSA) is 57.5 Å². The van der Waals surface area contributed by atoms with Gasteiger partial charge in [0.15, 0.2) is 0 Å². The third-order valence-electron chi connectivity index (χ3n) is 3.46. The van der Waals surface area contributed by atoms with E-state index in [0.29, 0.717) is 0 Å². The van der Waals surface area contributed by atoms with E-state index in [1.54, 1.807) is 23.5 Å². The molecule has 0 aliphatic carbocycles. The molecule has 118 valence electrons. The van der Waals surface area contributed by atoms with Crippen molar-refractivity contribution in [2.75, 3.05) is 5.43 Å². The van der Waals surface area contributed by atoms with Crippen molar-refractivity contribution in [3.63, 3.8) is 0 Å². The number of thiazole rings is 1. The highest BCUT2D eigenvalue weighted by molar-refractivity contribution is 7.20. The van der Waals surface area contributed by atoms with Gasteiger partial charge in [0.1, 0.15) is 5.75 Å². The number of hydrogen-bond acceptors (Lipinski definition) is 6. The molecule has 24 heavy (non-hydrogen) atoms. The quantitative estimate of drug-likeness (QED) is 0.393. The van der Waals surface area contributed by atoms with Crippen LogP contribution in [0.1, 0.15) is 4.88 Å². The fourth-order valence-electron chi connectivity index (χ4n) is 2.31. The van der Waals surface area contributed by atoms with Crippen molar-refractivity contribution >= 4 is 44.1 Å². The lowest BCUT2D eigenvalue weighted by Gasteiger charge is -1.96. The van der Waals surface area contributed by atoms with Crippen LogP contribution in [0.25, 0.3) is 21.3 Å². The van der Waals surface area contributed by atoms with Gasteiger partial charge in [-0.05, 0) is 41.8 Å². The van der Waals surface area contributed by atoms with Crippen molar-refractivity contribution in [3.05, 3.63) is 64.9 Å². The predicted molar refractivity (Wildman–Crippen MR) is 102 cm³/mol. The normalized spacial score (nSPS) is 11.3. The first-order valence-electron chi connectivity index (χ1n) is 7.30. The fraction of sp³-hybridized carbons (Fsp3) is 0. The van der Waals surface area contributed by atoms with Crippen molar-refractivity contribution in [1.82, 2.24) is 4.98 Å². The second kappa shape index (κ2) is 6.43. The second-order valence-electron chi connectivity index (χ2n) is 5.14. The Morgan fingerprint density at radius 2 is 1.92 bits per heavy atom. The number of hydrazone groups is 1. The molecule has 0 fully saturated rings. The van der Waals surface area contributed by atoms with Gasteiger partial charge in [-0.15, -0.1) is 22.7 Å². The van der Waals surface area contributed by atoms with E-state index in [0.717, 1.165) is 21.3 Å². The van der Waals surface area contributed by atoms with Crippen LogP contribution in [0.2, 0.25) is 0 Å². The van der Waals surface area contributed by atoms with Crippen LogP contribution in [-0.4, -0.2) is 16.3 Å². The van der Waals surface area contributed by atoms with E-state index in [9.17, 15) is 5.11 Å². The van der Waals surface area contributed by atoms with Crippen LogP contribution < -0.4 is 5.43 Å². The molecule has 0 aliphatic rings. The van der Waals surface area contributed by atoms with Gasteiger partial charge in [-0.2, -0.15) is 5.10 Å². The Morgan fingerprint density at radius 3 is 2.75 bits per heavy atom. The number of benzene rings is 2. The first-order chi connectivity index (χ1) is 11.8. The smallest absolute Gasteiger partial charge is 0.203 e. The van der Waals surface area contributed by atoms with E-state index >= 15 is 0 Å². The molecule has 2 N–H and O–H groups in total. The number of aromatic nitrogens is 1. The molecule has 2 heterocycles. The molecule has 0 amide bonds. The average molecular weight is 351 g/mol. The summed E-state index contributed by atoms with van der Waals surface area (Å²) < 4.78 is 1.25. The molecular formula is C18H13N3OS2. The SMILES string of the molecule is Oc1ccc(-c2csc(N/N=C/c3cc4ccccc4s3)n2)cc1. The molecular weight excluding hydrogens is 338 g/mol. The summed E-state index contributed by atoms with van der Waals surface area (Å²) in [5.41, 5.74) is 4.80. The number of fused-ring (bicyclic) bond motifs is 1. The summed E-state index contributed by atoms with van der Waals surface area (Å²) in [7, 11) is 0. The summed E-state index contributed by atoms with van der Waals surface area (Å²) >= 11 is 3.20. The first-order valence-corrected chi connectivity index (χ1v) is 9.00. The van der Waals surface area contributed by atoms with E-state index in [1.807, 2.05) is 35.9 Å². The van der Waals surface area contributed by atoms with Crippen molar-refractivity contribution in [2.45, 2.75) is 0 Å². The monoisotopic (exact) mass is 351 g/mol. The predicted octanol–water partition coefficient (Wildman–Crippen LogP) is 5.18. The lowest BCUT2D eigenvalue weighted by Crippen LogP contribution is -1.88. The van der Waals surface area contributed by atoms with Gasteiger partial charge in [0.05, 0.1) is 11.9 Å². The van der Waals surface area contributed by atoms with Gasteiger partial charge in [-0.1, -0.05) is 18.2 Å². The maximum Gasteiger partial charge on any atom is 0.203 e. The lowest BCUT2D eigenvalue weighted by molar-refractivity contribution is 0.475. The van der Waals surface area contributed by atoms with E-state index in [4.69, 9.17) is 0 Å². The number of anilines is 1. The number of nitrogens with one attached hydrogen (secondary N) is 1. The van der Waals surface area contributed by atoms with E-state index in [1.165, 1.54) is 21.4 Å². The largest absolute Gasteiger partial charge is 0.508 e. The fourth-order valence-corrected chi connectivity index (χ4v) is 3.91. The number of phenolic OH excluding ortho intramolecular Hbond substituents is 1. The van der Waals surface area contributed by atoms with Crippen molar-refractivity contribution in [2.24, 2.45) is 5.10 Å². The summed E-state index contributed by atoms with van der Waals surface area (Å²) in [5, 5.41) is 17.5. The van der Waals surface area contributed by atoms with E-state index in [-0.39, 0.29) is 5.75 Å². The third-order valence-corrected chi connectivity index (χ3v) is 5.26. The van der Waals surface area contributed by atoms with Gasteiger partial charge >= 0.3 is 0 Å². The number of nitrogens with zero attached hydrogens (tertiary/aromatic N) is 2. The summed E-state index contributed by atoms with van der Waals surface area (Å²) in [6.45, 7) is 0. The third kappa shape index (κ3) is 3.15. The van der Waals surface area contributed by atoms with Crippen LogP contribution in [0.3, 0.4) is 0 Å². The van der Waals surface area contributed by atoms with Crippen molar-refractivity contribution in [3.8, 4) is 17.0 Å². The molecule has 4 aromatic rings. The van der Waals surface area contributed by atoms with E-state index in [2.05, 4.69) is 33.7 Å². The summed E-state index contributed by atoms with van der Waals surface area (Å²) in [4.78, 5) is 5.60. The number of hydrogen-bond donors (Lipinski definition) is 2. The van der Waals surface area contributed by atoms with Gasteiger partial charge in [0, 0.05) is 20.5 Å². The molecule has 0 saturated carbocycles. The molecule has 2 aromatic carbocycles. The van der Waals surface area contributed by atoms with Crippen LogP contribution in [0, 0.1) is 0 Å². The maximum absolute atomic E-state index is 9.34. The van der Waals surface area contributed by atoms with Crippen molar-refractivity contribution < 1.29 is 5.11 Å². The van der Waals surface area contributed by atoms with Crippen LogP contribution in [0.5, 0.6) is 5.75 Å². The minimum atomic E-state index is 0.250. The summed E-state index contributed by atoms with van der Waals surface area (Å²) in [5.74, 6) is 0.250.